The number of furan rings is 1. The van der Waals surface area contributed by atoms with E-state index in [1.54, 1.807) is 24.3 Å². The number of anilines is 1. The first-order valence-corrected chi connectivity index (χ1v) is 9.42. The summed E-state index contributed by atoms with van der Waals surface area (Å²) < 4.78 is 11.6. The van der Waals surface area contributed by atoms with Gasteiger partial charge in [0.2, 0.25) is 5.89 Å². The molecule has 0 saturated carbocycles. The molecule has 142 valence electrons. The molecule has 0 bridgehead atoms. The van der Waals surface area contributed by atoms with Crippen LogP contribution in [-0.4, -0.2) is 10.9 Å². The Morgan fingerprint density at radius 3 is 2.69 bits per heavy atom. The normalized spacial score (nSPS) is 11.2. The maximum atomic E-state index is 12.8. The summed E-state index contributed by atoms with van der Waals surface area (Å²) >= 11 is 6.02. The largest absolute Gasteiger partial charge is 0.451 e. The molecule has 5 aromatic rings. The predicted octanol–water partition coefficient (Wildman–Crippen LogP) is 6.46. The quantitative estimate of drug-likeness (QED) is 0.376. The number of para-hydroxylation sites is 1. The highest BCUT2D eigenvalue weighted by Crippen LogP contribution is 2.29. The molecule has 6 heteroatoms. The van der Waals surface area contributed by atoms with Gasteiger partial charge in [0.15, 0.2) is 11.3 Å². The number of hydrogen-bond acceptors (Lipinski definition) is 4. The number of oxazole rings is 1. The van der Waals surface area contributed by atoms with Gasteiger partial charge in [-0.05, 0) is 49.4 Å². The van der Waals surface area contributed by atoms with Gasteiger partial charge in [0.1, 0.15) is 11.1 Å². The standard InChI is InChI=1S/C23H15ClN2O3/c1-13-17-7-2-3-8-19(17)28-21(13)22(27)25-16-6-4-5-14(11-16)23-26-18-12-15(24)9-10-20(18)29-23/h2-12H,1H3,(H,25,27). The van der Waals surface area contributed by atoms with Crippen LogP contribution in [0.15, 0.2) is 75.6 Å². The third kappa shape index (κ3) is 3.15. The van der Waals surface area contributed by atoms with Crippen molar-refractivity contribution in [2.24, 2.45) is 0 Å². The Balaban J connectivity index is 1.46. The summed E-state index contributed by atoms with van der Waals surface area (Å²) in [5, 5.41) is 4.41. The molecule has 5 rings (SSSR count). The van der Waals surface area contributed by atoms with E-state index in [4.69, 9.17) is 20.4 Å². The topological polar surface area (TPSA) is 68.3 Å². The number of aryl methyl sites for hydroxylation is 1. The molecule has 0 aliphatic carbocycles. The summed E-state index contributed by atoms with van der Waals surface area (Å²) in [6.45, 7) is 1.88. The maximum Gasteiger partial charge on any atom is 0.291 e. The van der Waals surface area contributed by atoms with Crippen LogP contribution in [0.5, 0.6) is 0 Å². The molecule has 0 spiro atoms. The molecule has 5 nitrogen and oxygen atoms in total. The predicted molar refractivity (Wildman–Crippen MR) is 113 cm³/mol. The van der Waals surface area contributed by atoms with Crippen molar-refractivity contribution in [3.8, 4) is 11.5 Å². The third-order valence-corrected chi connectivity index (χ3v) is 5.00. The number of carbonyl (C=O) groups excluding carboxylic acids is 1. The van der Waals surface area contributed by atoms with Crippen LogP contribution in [-0.2, 0) is 0 Å². The lowest BCUT2D eigenvalue weighted by Gasteiger charge is -2.05. The van der Waals surface area contributed by atoms with Crippen molar-refractivity contribution in [1.29, 1.82) is 0 Å². The van der Waals surface area contributed by atoms with Crippen LogP contribution in [0.3, 0.4) is 0 Å². The van der Waals surface area contributed by atoms with Crippen molar-refractivity contribution < 1.29 is 13.6 Å². The lowest BCUT2D eigenvalue weighted by atomic mass is 10.1. The van der Waals surface area contributed by atoms with E-state index in [-0.39, 0.29) is 5.91 Å². The van der Waals surface area contributed by atoms with Crippen molar-refractivity contribution in [2.45, 2.75) is 6.92 Å². The van der Waals surface area contributed by atoms with Crippen molar-refractivity contribution in [3.05, 3.63) is 83.1 Å². The molecule has 0 unspecified atom stereocenters. The van der Waals surface area contributed by atoms with Gasteiger partial charge in [-0.1, -0.05) is 35.9 Å². The number of aromatic nitrogens is 1. The Morgan fingerprint density at radius 2 is 1.83 bits per heavy atom. The number of benzene rings is 3. The van der Waals surface area contributed by atoms with Crippen LogP contribution in [0.4, 0.5) is 5.69 Å². The Bertz CT molecular complexity index is 1380. The van der Waals surface area contributed by atoms with Gasteiger partial charge in [0.25, 0.3) is 5.91 Å². The molecule has 3 aromatic carbocycles. The summed E-state index contributed by atoms with van der Waals surface area (Å²) in [6.07, 6.45) is 0. The van der Waals surface area contributed by atoms with E-state index in [1.807, 2.05) is 49.4 Å². The van der Waals surface area contributed by atoms with Crippen LogP contribution in [0.2, 0.25) is 5.02 Å². The molecule has 2 heterocycles. The highest BCUT2D eigenvalue weighted by molar-refractivity contribution is 6.31. The smallest absolute Gasteiger partial charge is 0.291 e. The van der Waals surface area contributed by atoms with Gasteiger partial charge in [-0.3, -0.25) is 4.79 Å². The van der Waals surface area contributed by atoms with E-state index in [2.05, 4.69) is 10.3 Å². The van der Waals surface area contributed by atoms with Gasteiger partial charge in [0.05, 0.1) is 0 Å². The molecular formula is C23H15ClN2O3. The highest BCUT2D eigenvalue weighted by atomic mass is 35.5. The fourth-order valence-corrected chi connectivity index (χ4v) is 3.50. The van der Waals surface area contributed by atoms with Crippen LogP contribution < -0.4 is 5.32 Å². The molecule has 0 aliphatic rings. The van der Waals surface area contributed by atoms with E-state index in [1.165, 1.54) is 0 Å². The minimum Gasteiger partial charge on any atom is -0.451 e. The monoisotopic (exact) mass is 402 g/mol. The van der Waals surface area contributed by atoms with Crippen molar-refractivity contribution in [2.75, 3.05) is 5.32 Å². The van der Waals surface area contributed by atoms with Gasteiger partial charge in [-0.25, -0.2) is 4.98 Å². The van der Waals surface area contributed by atoms with E-state index in [0.717, 1.165) is 16.5 Å². The van der Waals surface area contributed by atoms with Gasteiger partial charge in [-0.15, -0.1) is 0 Å². The number of rotatable bonds is 3. The van der Waals surface area contributed by atoms with Gasteiger partial charge >= 0.3 is 0 Å². The van der Waals surface area contributed by atoms with Crippen molar-refractivity contribution in [1.82, 2.24) is 4.98 Å². The molecule has 29 heavy (non-hydrogen) atoms. The van der Waals surface area contributed by atoms with Crippen LogP contribution in [0.1, 0.15) is 16.1 Å². The zero-order valence-corrected chi connectivity index (χ0v) is 16.2. The first-order valence-electron chi connectivity index (χ1n) is 9.04. The summed E-state index contributed by atoms with van der Waals surface area (Å²) in [6, 6.07) is 20.2. The second-order valence-electron chi connectivity index (χ2n) is 6.72. The summed E-state index contributed by atoms with van der Waals surface area (Å²) in [7, 11) is 0. The van der Waals surface area contributed by atoms with E-state index in [0.29, 0.717) is 39.0 Å². The molecule has 1 N–H and O–H groups in total. The van der Waals surface area contributed by atoms with E-state index in [9.17, 15) is 4.79 Å². The van der Waals surface area contributed by atoms with Crippen molar-refractivity contribution in [3.63, 3.8) is 0 Å². The summed E-state index contributed by atoms with van der Waals surface area (Å²) in [5.41, 5.74) is 4.19. The van der Waals surface area contributed by atoms with E-state index < -0.39 is 0 Å². The molecule has 0 fully saturated rings. The zero-order valence-electron chi connectivity index (χ0n) is 15.4. The minimum absolute atomic E-state index is 0.299. The zero-order chi connectivity index (χ0) is 20.0. The Hall–Kier alpha value is -3.57. The molecule has 0 radical (unpaired) electrons. The molecule has 0 aliphatic heterocycles. The number of nitrogens with zero attached hydrogens (tertiary/aromatic N) is 1. The molecule has 1 amide bonds. The lowest BCUT2D eigenvalue weighted by molar-refractivity contribution is 0.0998. The number of carbonyl (C=O) groups is 1. The SMILES string of the molecule is Cc1c(C(=O)Nc2cccc(-c3nc4cc(Cl)ccc4o3)c2)oc2ccccc12. The van der Waals surface area contributed by atoms with Gasteiger partial charge < -0.3 is 14.2 Å². The number of nitrogens with one attached hydrogen (secondary N) is 1. The number of hydrogen-bond donors (Lipinski definition) is 1. The first kappa shape index (κ1) is 17.5. The Kier molecular flexibility index (Phi) is 4.11. The maximum absolute atomic E-state index is 12.8. The summed E-state index contributed by atoms with van der Waals surface area (Å²) in [5.74, 6) is 0.451. The van der Waals surface area contributed by atoms with Crippen LogP contribution in [0, 0.1) is 6.92 Å². The molecule has 0 saturated heterocycles. The fourth-order valence-electron chi connectivity index (χ4n) is 3.33. The third-order valence-electron chi connectivity index (χ3n) is 4.77. The molecular weight excluding hydrogens is 388 g/mol. The number of fused-ring (bicyclic) bond motifs is 2. The molecule has 0 atom stereocenters. The number of amides is 1. The van der Waals surface area contributed by atoms with E-state index >= 15 is 0 Å². The van der Waals surface area contributed by atoms with Gasteiger partial charge in [0, 0.05) is 27.2 Å². The second kappa shape index (κ2) is 6.79. The number of halogens is 1. The Morgan fingerprint density at radius 1 is 0.966 bits per heavy atom. The fraction of sp³-hybridized carbons (Fsp3) is 0.0435. The summed E-state index contributed by atoms with van der Waals surface area (Å²) in [4.78, 5) is 17.3. The van der Waals surface area contributed by atoms with Crippen LogP contribution in [0.25, 0.3) is 33.5 Å². The van der Waals surface area contributed by atoms with Gasteiger partial charge in [-0.2, -0.15) is 0 Å². The van der Waals surface area contributed by atoms with Crippen LogP contribution >= 0.6 is 11.6 Å². The second-order valence-corrected chi connectivity index (χ2v) is 7.15. The molecule has 2 aromatic heterocycles. The lowest BCUT2D eigenvalue weighted by Crippen LogP contribution is -2.12. The average Bonchev–Trinajstić information content (AvgIpc) is 3.29. The Labute approximate surface area is 170 Å². The van der Waals surface area contributed by atoms with Crippen molar-refractivity contribution >= 4 is 45.3 Å². The minimum atomic E-state index is -0.305. The highest BCUT2D eigenvalue weighted by Gasteiger charge is 2.18. The average molecular weight is 403 g/mol. The first-order chi connectivity index (χ1) is 14.1.